The van der Waals surface area contributed by atoms with Crippen LogP contribution in [0.25, 0.3) is 67.2 Å². The average Bonchev–Trinajstić information content (AvgIpc) is 3.21. The van der Waals surface area contributed by atoms with E-state index in [1.807, 2.05) is 91.0 Å². The monoisotopic (exact) mass is 651 g/mol. The molecule has 0 unspecified atom stereocenters. The zero-order valence-corrected chi connectivity index (χ0v) is 27.5. The molecule has 51 heavy (non-hydrogen) atoms. The van der Waals surface area contributed by atoms with Gasteiger partial charge in [-0.15, -0.1) is 0 Å². The molecular weight excluding hydrogens is 623 g/mol. The van der Waals surface area contributed by atoms with Crippen molar-refractivity contribution >= 4 is 10.8 Å². The molecule has 1 heterocycles. The predicted octanol–water partition coefficient (Wildman–Crippen LogP) is 10.7. The second kappa shape index (κ2) is 13.7. The first-order valence-corrected chi connectivity index (χ1v) is 16.7. The molecule has 0 radical (unpaired) electrons. The molecule has 0 aliphatic rings. The Morgan fingerprint density at radius 3 is 1.41 bits per heavy atom. The number of fused-ring (bicyclic) bond motifs is 1. The van der Waals surface area contributed by atoms with Crippen molar-refractivity contribution in [1.29, 1.82) is 10.5 Å². The quantitative estimate of drug-likeness (QED) is 0.171. The van der Waals surface area contributed by atoms with Gasteiger partial charge in [0.2, 0.25) is 0 Å². The summed E-state index contributed by atoms with van der Waals surface area (Å²) in [4.78, 5) is 14.5. The lowest BCUT2D eigenvalue weighted by Crippen LogP contribution is -2.00. The second-order valence-electron chi connectivity index (χ2n) is 12.4. The molecule has 0 N–H and O–H groups in total. The standard InChI is InChI=1S/C46H29N5/c47-29-32-9-7-8-31(22-32)23-33-24-34(30-48)26-43(25-33)42-21-20-40-27-39(18-19-41(40)28-42)35-14-16-38(17-15-35)46-50-44(36-10-3-1-4-11-36)49-45(51-46)37-12-5-2-6-13-37/h1-22,24-28H,23H2. The van der Waals surface area contributed by atoms with Crippen LogP contribution in [0.4, 0.5) is 0 Å². The molecule has 238 valence electrons. The van der Waals surface area contributed by atoms with Crippen LogP contribution in [0.15, 0.2) is 164 Å². The first kappa shape index (κ1) is 31.1. The fourth-order valence-corrected chi connectivity index (χ4v) is 6.37. The Balaban J connectivity index is 1.08. The van der Waals surface area contributed by atoms with Crippen molar-refractivity contribution in [2.45, 2.75) is 6.42 Å². The molecule has 1 aromatic heterocycles. The van der Waals surface area contributed by atoms with Crippen molar-refractivity contribution in [3.8, 4) is 68.6 Å². The van der Waals surface area contributed by atoms with E-state index in [1.54, 1.807) is 6.07 Å². The highest BCUT2D eigenvalue weighted by molar-refractivity contribution is 5.91. The van der Waals surface area contributed by atoms with Crippen LogP contribution in [0.1, 0.15) is 22.3 Å². The molecule has 0 aliphatic carbocycles. The SMILES string of the molecule is N#Cc1cccc(Cc2cc(C#N)cc(-c3ccc4cc(-c5ccc(-c6nc(-c7ccccc7)nc(-c7ccccc7)n6)cc5)ccc4c3)c2)c1. The minimum Gasteiger partial charge on any atom is -0.208 e. The molecule has 8 rings (SSSR count). The Labute approximate surface area is 296 Å². The topological polar surface area (TPSA) is 86.2 Å². The van der Waals surface area contributed by atoms with Crippen LogP contribution < -0.4 is 0 Å². The summed E-state index contributed by atoms with van der Waals surface area (Å²) in [6.45, 7) is 0. The molecule has 0 spiro atoms. The molecule has 5 heteroatoms. The van der Waals surface area contributed by atoms with Gasteiger partial charge in [0.15, 0.2) is 17.5 Å². The van der Waals surface area contributed by atoms with Gasteiger partial charge in [0.1, 0.15) is 0 Å². The Morgan fingerprint density at radius 1 is 0.353 bits per heavy atom. The summed E-state index contributed by atoms with van der Waals surface area (Å²) >= 11 is 0. The minimum atomic E-state index is 0.613. The number of aromatic nitrogens is 3. The molecule has 5 nitrogen and oxygen atoms in total. The molecule has 0 atom stereocenters. The van der Waals surface area contributed by atoms with Crippen molar-refractivity contribution < 1.29 is 0 Å². The highest BCUT2D eigenvalue weighted by Crippen LogP contribution is 2.32. The molecule has 0 bridgehead atoms. The molecule has 7 aromatic carbocycles. The van der Waals surface area contributed by atoms with Gasteiger partial charge in [-0.3, -0.25) is 0 Å². The molecule has 0 fully saturated rings. The van der Waals surface area contributed by atoms with Gasteiger partial charge in [0, 0.05) is 16.7 Å². The summed E-state index contributed by atoms with van der Waals surface area (Å²) in [5.41, 5.74) is 10.4. The predicted molar refractivity (Wildman–Crippen MR) is 203 cm³/mol. The number of nitrogens with zero attached hydrogens (tertiary/aromatic N) is 5. The maximum Gasteiger partial charge on any atom is 0.164 e. The number of hydrogen-bond acceptors (Lipinski definition) is 5. The molecule has 0 aliphatic heterocycles. The Morgan fingerprint density at radius 2 is 0.843 bits per heavy atom. The number of nitriles is 2. The number of benzene rings is 7. The number of hydrogen-bond donors (Lipinski definition) is 0. The van der Waals surface area contributed by atoms with Gasteiger partial charge in [-0.25, -0.2) is 15.0 Å². The smallest absolute Gasteiger partial charge is 0.164 e. The second-order valence-corrected chi connectivity index (χ2v) is 12.4. The lowest BCUT2D eigenvalue weighted by Gasteiger charge is -2.11. The molecule has 0 amide bonds. The van der Waals surface area contributed by atoms with Gasteiger partial charge in [-0.1, -0.05) is 127 Å². The van der Waals surface area contributed by atoms with Gasteiger partial charge < -0.3 is 0 Å². The Bertz CT molecular complexity index is 2560. The van der Waals surface area contributed by atoms with E-state index in [-0.39, 0.29) is 0 Å². The van der Waals surface area contributed by atoms with E-state index in [1.165, 1.54) is 0 Å². The zero-order valence-electron chi connectivity index (χ0n) is 27.5. The minimum absolute atomic E-state index is 0.613. The zero-order chi connectivity index (χ0) is 34.6. The van der Waals surface area contributed by atoms with Gasteiger partial charge >= 0.3 is 0 Å². The van der Waals surface area contributed by atoms with E-state index in [0.717, 1.165) is 60.8 Å². The number of rotatable bonds is 7. The molecular formula is C46H29N5. The van der Waals surface area contributed by atoms with E-state index >= 15 is 0 Å². The van der Waals surface area contributed by atoms with Crippen molar-refractivity contribution in [2.24, 2.45) is 0 Å². The Hall–Kier alpha value is -7.21. The molecule has 0 saturated carbocycles. The largest absolute Gasteiger partial charge is 0.208 e. The van der Waals surface area contributed by atoms with E-state index in [4.69, 9.17) is 15.0 Å². The third-order valence-electron chi connectivity index (χ3n) is 8.94. The van der Waals surface area contributed by atoms with E-state index in [9.17, 15) is 10.5 Å². The van der Waals surface area contributed by atoms with Gasteiger partial charge in [0.05, 0.1) is 23.3 Å². The third-order valence-corrected chi connectivity index (χ3v) is 8.94. The van der Waals surface area contributed by atoms with Crippen LogP contribution in [0.3, 0.4) is 0 Å². The summed E-state index contributed by atoms with van der Waals surface area (Å²) in [6.07, 6.45) is 0.642. The third kappa shape index (κ3) is 6.74. The summed E-state index contributed by atoms with van der Waals surface area (Å²) < 4.78 is 0. The molecule has 0 saturated heterocycles. The fraction of sp³-hybridized carbons (Fsp3) is 0.0217. The average molecular weight is 652 g/mol. The highest BCUT2D eigenvalue weighted by Gasteiger charge is 2.13. The maximum absolute atomic E-state index is 9.79. The fourth-order valence-electron chi connectivity index (χ4n) is 6.37. The summed E-state index contributed by atoms with van der Waals surface area (Å²) in [7, 11) is 0. The summed E-state index contributed by atoms with van der Waals surface area (Å²) in [5, 5.41) is 21.3. The van der Waals surface area contributed by atoms with Crippen molar-refractivity contribution in [1.82, 2.24) is 15.0 Å². The van der Waals surface area contributed by atoms with E-state index in [2.05, 4.69) is 78.9 Å². The summed E-state index contributed by atoms with van der Waals surface area (Å²) in [6, 6.07) is 59.4. The lowest BCUT2D eigenvalue weighted by molar-refractivity contribution is 1.07. The van der Waals surface area contributed by atoms with Crippen LogP contribution >= 0.6 is 0 Å². The van der Waals surface area contributed by atoms with Gasteiger partial charge in [0.25, 0.3) is 0 Å². The van der Waals surface area contributed by atoms with Crippen LogP contribution in [0.5, 0.6) is 0 Å². The highest BCUT2D eigenvalue weighted by atomic mass is 15.0. The van der Waals surface area contributed by atoms with Crippen LogP contribution in [0.2, 0.25) is 0 Å². The normalized spacial score (nSPS) is 10.8. The van der Waals surface area contributed by atoms with Gasteiger partial charge in [-0.05, 0) is 87.0 Å². The van der Waals surface area contributed by atoms with E-state index in [0.29, 0.717) is 35.0 Å². The van der Waals surface area contributed by atoms with Crippen molar-refractivity contribution in [3.63, 3.8) is 0 Å². The van der Waals surface area contributed by atoms with Crippen LogP contribution in [-0.4, -0.2) is 15.0 Å². The lowest BCUT2D eigenvalue weighted by atomic mass is 9.94. The first-order valence-electron chi connectivity index (χ1n) is 16.7. The molecule has 8 aromatic rings. The summed E-state index contributed by atoms with van der Waals surface area (Å²) in [5.74, 6) is 1.90. The maximum atomic E-state index is 9.79. The van der Waals surface area contributed by atoms with Crippen molar-refractivity contribution in [2.75, 3.05) is 0 Å². The van der Waals surface area contributed by atoms with Crippen LogP contribution in [-0.2, 0) is 6.42 Å². The van der Waals surface area contributed by atoms with E-state index < -0.39 is 0 Å². The Kier molecular flexibility index (Phi) is 8.36. The van der Waals surface area contributed by atoms with Gasteiger partial charge in [-0.2, -0.15) is 10.5 Å². The first-order chi connectivity index (χ1) is 25.1. The van der Waals surface area contributed by atoms with Crippen molar-refractivity contribution in [3.05, 3.63) is 186 Å². The van der Waals surface area contributed by atoms with Crippen LogP contribution in [0, 0.1) is 22.7 Å².